The Bertz CT molecular complexity index is 776. The highest BCUT2D eigenvalue weighted by Crippen LogP contribution is 2.36. The van der Waals surface area contributed by atoms with Crippen molar-refractivity contribution < 1.29 is 18.0 Å². The molecule has 1 aromatic rings. The summed E-state index contributed by atoms with van der Waals surface area (Å²) in [6, 6.07) is 4.92. The highest BCUT2D eigenvalue weighted by atomic mass is 32.2. The Hall–Kier alpha value is -1.54. The highest BCUT2D eigenvalue weighted by Gasteiger charge is 2.33. The van der Waals surface area contributed by atoms with Gasteiger partial charge < -0.3 is 10.2 Å². The van der Waals surface area contributed by atoms with Gasteiger partial charge in [0.05, 0.1) is 22.4 Å². The van der Waals surface area contributed by atoms with Gasteiger partial charge in [0.2, 0.25) is 5.91 Å². The van der Waals surface area contributed by atoms with Crippen molar-refractivity contribution in [3.05, 3.63) is 23.8 Å². The molecule has 2 aliphatic rings. The molecule has 0 radical (unpaired) electrons. The minimum absolute atomic E-state index is 0.0181. The van der Waals surface area contributed by atoms with Crippen molar-refractivity contribution in [3.63, 3.8) is 0 Å². The summed E-state index contributed by atoms with van der Waals surface area (Å²) in [6.45, 7) is 1.83. The number of rotatable bonds is 2. The second kappa shape index (κ2) is 5.83. The molecule has 2 atom stereocenters. The van der Waals surface area contributed by atoms with Crippen LogP contribution in [0.25, 0.3) is 0 Å². The van der Waals surface area contributed by atoms with Gasteiger partial charge in [-0.05, 0) is 31.5 Å². The zero-order valence-corrected chi connectivity index (χ0v) is 14.5. The van der Waals surface area contributed by atoms with E-state index in [0.717, 1.165) is 4.90 Å². The highest BCUT2D eigenvalue weighted by molar-refractivity contribution is 8.01. The number of nitrogens with one attached hydrogen (secondary N) is 1. The molecular formula is C15H18N2O4S2. The van der Waals surface area contributed by atoms with Crippen LogP contribution in [0.2, 0.25) is 0 Å². The molecule has 1 aromatic carbocycles. The smallest absolute Gasteiger partial charge is 0.253 e. The van der Waals surface area contributed by atoms with Crippen LogP contribution in [-0.4, -0.2) is 55.0 Å². The summed E-state index contributed by atoms with van der Waals surface area (Å²) in [5.74, 6) is -0.163. The summed E-state index contributed by atoms with van der Waals surface area (Å²) in [4.78, 5) is 26.8. The Balaban J connectivity index is 1.81. The van der Waals surface area contributed by atoms with Crippen LogP contribution in [0.3, 0.4) is 0 Å². The summed E-state index contributed by atoms with van der Waals surface area (Å²) < 4.78 is 23.1. The van der Waals surface area contributed by atoms with Crippen molar-refractivity contribution >= 4 is 39.1 Å². The Labute approximate surface area is 139 Å². The average Bonchev–Trinajstić information content (AvgIpc) is 2.86. The molecule has 2 heterocycles. The van der Waals surface area contributed by atoms with Crippen LogP contribution in [0.4, 0.5) is 5.69 Å². The third-order valence-corrected chi connectivity index (χ3v) is 7.16. The lowest BCUT2D eigenvalue weighted by Gasteiger charge is -2.25. The molecule has 0 aromatic heterocycles. The second-order valence-corrected chi connectivity index (χ2v) is 9.54. The monoisotopic (exact) mass is 354 g/mol. The van der Waals surface area contributed by atoms with Gasteiger partial charge in [-0.25, -0.2) is 8.42 Å². The zero-order valence-electron chi connectivity index (χ0n) is 12.9. The van der Waals surface area contributed by atoms with Crippen molar-refractivity contribution in [2.24, 2.45) is 0 Å². The molecule has 3 rings (SSSR count). The summed E-state index contributed by atoms with van der Waals surface area (Å²) in [7, 11) is -1.41. The number of amides is 2. The molecular weight excluding hydrogens is 336 g/mol. The van der Waals surface area contributed by atoms with Gasteiger partial charge >= 0.3 is 0 Å². The van der Waals surface area contributed by atoms with Crippen LogP contribution in [-0.2, 0) is 14.6 Å². The second-order valence-electron chi connectivity index (χ2n) is 5.93. The molecule has 1 saturated heterocycles. The third-order valence-electron chi connectivity index (χ3n) is 4.23. The Morgan fingerprint density at radius 3 is 2.78 bits per heavy atom. The standard InChI is InChI=1S/C15H18N2O4S2/c1-9-14(18)16-12-7-10(3-4-13(12)22-9)15(19)17(2)11-5-6-23(20,21)8-11/h3-4,7,9,11H,5-6,8H2,1-2H3,(H,16,18). The van der Waals surface area contributed by atoms with Gasteiger partial charge in [-0.1, -0.05) is 0 Å². The lowest BCUT2D eigenvalue weighted by Crippen LogP contribution is -2.38. The maximum Gasteiger partial charge on any atom is 0.253 e. The van der Waals surface area contributed by atoms with Gasteiger partial charge in [-0.15, -0.1) is 11.8 Å². The first kappa shape index (κ1) is 16.3. The first-order valence-electron chi connectivity index (χ1n) is 7.36. The molecule has 1 N–H and O–H groups in total. The van der Waals surface area contributed by atoms with Crippen LogP contribution < -0.4 is 5.32 Å². The number of carbonyl (C=O) groups is 2. The molecule has 8 heteroatoms. The van der Waals surface area contributed by atoms with Crippen LogP contribution in [0, 0.1) is 0 Å². The van der Waals surface area contributed by atoms with Gasteiger partial charge in [-0.2, -0.15) is 0 Å². The number of nitrogens with zero attached hydrogens (tertiary/aromatic N) is 1. The summed E-state index contributed by atoms with van der Waals surface area (Å²) in [6.07, 6.45) is 0.472. The zero-order chi connectivity index (χ0) is 16.8. The van der Waals surface area contributed by atoms with E-state index in [1.54, 1.807) is 19.2 Å². The van der Waals surface area contributed by atoms with Gasteiger partial charge in [-0.3, -0.25) is 9.59 Å². The van der Waals surface area contributed by atoms with E-state index in [2.05, 4.69) is 5.32 Å². The number of thioether (sulfide) groups is 1. The number of sulfone groups is 1. The molecule has 124 valence electrons. The van der Waals surface area contributed by atoms with Crippen molar-refractivity contribution in [1.82, 2.24) is 4.90 Å². The number of carbonyl (C=O) groups excluding carboxylic acids is 2. The van der Waals surface area contributed by atoms with Crippen LogP contribution >= 0.6 is 11.8 Å². The minimum atomic E-state index is -3.04. The predicted molar refractivity (Wildman–Crippen MR) is 89.5 cm³/mol. The number of fused-ring (bicyclic) bond motifs is 1. The first-order valence-corrected chi connectivity index (χ1v) is 10.1. The normalized spacial score (nSPS) is 25.6. The lowest BCUT2D eigenvalue weighted by molar-refractivity contribution is -0.115. The SMILES string of the molecule is CC1Sc2ccc(C(=O)N(C)C3CCS(=O)(=O)C3)cc2NC1=O. The number of benzene rings is 1. The topological polar surface area (TPSA) is 83.6 Å². The average molecular weight is 354 g/mol. The van der Waals surface area contributed by atoms with E-state index in [1.165, 1.54) is 16.7 Å². The van der Waals surface area contributed by atoms with E-state index in [4.69, 9.17) is 0 Å². The maximum absolute atomic E-state index is 12.6. The van der Waals surface area contributed by atoms with E-state index < -0.39 is 9.84 Å². The summed E-state index contributed by atoms with van der Waals surface area (Å²) in [5, 5.41) is 2.64. The van der Waals surface area contributed by atoms with Crippen molar-refractivity contribution in [3.8, 4) is 0 Å². The van der Waals surface area contributed by atoms with Gasteiger partial charge in [0.15, 0.2) is 9.84 Å². The van der Waals surface area contributed by atoms with E-state index in [9.17, 15) is 18.0 Å². The fraction of sp³-hybridized carbons (Fsp3) is 0.467. The van der Waals surface area contributed by atoms with Gasteiger partial charge in [0, 0.05) is 23.5 Å². The first-order chi connectivity index (χ1) is 10.8. The van der Waals surface area contributed by atoms with Crippen LogP contribution in [0.15, 0.2) is 23.1 Å². The number of hydrogen-bond donors (Lipinski definition) is 1. The van der Waals surface area contributed by atoms with Crippen molar-refractivity contribution in [2.75, 3.05) is 23.9 Å². The predicted octanol–water partition coefficient (Wildman–Crippen LogP) is 1.38. The molecule has 2 unspecified atom stereocenters. The van der Waals surface area contributed by atoms with Crippen molar-refractivity contribution in [2.45, 2.75) is 29.5 Å². The van der Waals surface area contributed by atoms with Gasteiger partial charge in [0.1, 0.15) is 0 Å². The number of hydrogen-bond acceptors (Lipinski definition) is 5. The fourth-order valence-electron chi connectivity index (χ4n) is 2.79. The van der Waals surface area contributed by atoms with Gasteiger partial charge in [0.25, 0.3) is 5.91 Å². The van der Waals surface area contributed by atoms with E-state index in [0.29, 0.717) is 17.7 Å². The summed E-state index contributed by atoms with van der Waals surface area (Å²) >= 11 is 1.46. The molecule has 0 bridgehead atoms. The molecule has 2 aliphatic heterocycles. The fourth-order valence-corrected chi connectivity index (χ4v) is 5.50. The van der Waals surface area contributed by atoms with Crippen molar-refractivity contribution in [1.29, 1.82) is 0 Å². The molecule has 0 saturated carbocycles. The van der Waals surface area contributed by atoms with E-state index in [1.807, 2.05) is 13.0 Å². The Morgan fingerprint density at radius 1 is 1.39 bits per heavy atom. The minimum Gasteiger partial charge on any atom is -0.338 e. The van der Waals surface area contributed by atoms with E-state index >= 15 is 0 Å². The lowest BCUT2D eigenvalue weighted by atomic mass is 10.1. The Morgan fingerprint density at radius 2 is 2.13 bits per heavy atom. The largest absolute Gasteiger partial charge is 0.338 e. The summed E-state index contributed by atoms with van der Waals surface area (Å²) in [5.41, 5.74) is 1.09. The molecule has 2 amide bonds. The molecule has 1 fully saturated rings. The third kappa shape index (κ3) is 3.23. The number of anilines is 1. The van der Waals surface area contributed by atoms with E-state index in [-0.39, 0.29) is 34.6 Å². The molecule has 23 heavy (non-hydrogen) atoms. The molecule has 0 aliphatic carbocycles. The molecule has 6 nitrogen and oxygen atoms in total. The van der Waals surface area contributed by atoms with Crippen LogP contribution in [0.5, 0.6) is 0 Å². The quantitative estimate of drug-likeness (QED) is 0.867. The Kier molecular flexibility index (Phi) is 4.14. The maximum atomic E-state index is 12.6. The van der Waals surface area contributed by atoms with Crippen LogP contribution in [0.1, 0.15) is 23.7 Å². The molecule has 0 spiro atoms.